The van der Waals surface area contributed by atoms with Gasteiger partial charge in [-0.25, -0.2) is 0 Å². The molecule has 4 heteroatoms. The quantitative estimate of drug-likeness (QED) is 0.811. The third-order valence-corrected chi connectivity index (χ3v) is 3.04. The maximum absolute atomic E-state index is 11.7. The van der Waals surface area contributed by atoms with Gasteiger partial charge < -0.3 is 11.1 Å². The first-order valence-corrected chi connectivity index (χ1v) is 5.59. The molecule has 1 amide bonds. The highest BCUT2D eigenvalue weighted by Gasteiger charge is 2.34. The van der Waals surface area contributed by atoms with Gasteiger partial charge >= 0.3 is 0 Å². The average molecular weight is 219 g/mol. The van der Waals surface area contributed by atoms with Crippen LogP contribution in [0.5, 0.6) is 0 Å². The normalized spacial score (nSPS) is 17.6. The monoisotopic (exact) mass is 219 g/mol. The van der Waals surface area contributed by atoms with Gasteiger partial charge in [0.25, 0.3) is 0 Å². The number of anilines is 1. The Hall–Kier alpha value is -1.42. The van der Waals surface area contributed by atoms with E-state index in [0.717, 1.165) is 30.6 Å². The lowest BCUT2D eigenvalue weighted by Gasteiger charge is -2.37. The molecule has 1 aliphatic rings. The number of nitrogens with one attached hydrogen (secondary N) is 1. The van der Waals surface area contributed by atoms with Crippen molar-refractivity contribution in [1.82, 2.24) is 4.98 Å². The molecule has 16 heavy (non-hydrogen) atoms. The summed E-state index contributed by atoms with van der Waals surface area (Å²) >= 11 is 0. The standard InChI is InChI=1S/C12H17N3O/c1-9-7-10(3-6-14-9)15-11(16)8-12(13)4-2-5-12/h3,6-7H,2,4-5,8,13H2,1H3,(H,14,15,16). The van der Waals surface area contributed by atoms with Gasteiger partial charge in [0.15, 0.2) is 0 Å². The van der Waals surface area contributed by atoms with Gasteiger partial charge in [-0.05, 0) is 38.3 Å². The minimum atomic E-state index is -0.258. The molecule has 1 heterocycles. The molecule has 0 aromatic carbocycles. The molecule has 1 fully saturated rings. The molecule has 0 unspecified atom stereocenters. The van der Waals surface area contributed by atoms with E-state index in [1.807, 2.05) is 13.0 Å². The Morgan fingerprint density at radius 1 is 1.62 bits per heavy atom. The Morgan fingerprint density at radius 3 is 2.94 bits per heavy atom. The van der Waals surface area contributed by atoms with E-state index in [1.165, 1.54) is 0 Å². The summed E-state index contributed by atoms with van der Waals surface area (Å²) in [4.78, 5) is 15.8. The lowest BCUT2D eigenvalue weighted by Crippen LogP contribution is -2.48. The summed E-state index contributed by atoms with van der Waals surface area (Å²) in [6.45, 7) is 1.89. The number of aryl methyl sites for hydroxylation is 1. The highest BCUT2D eigenvalue weighted by molar-refractivity contribution is 5.91. The second-order valence-electron chi connectivity index (χ2n) is 4.63. The number of hydrogen-bond acceptors (Lipinski definition) is 3. The van der Waals surface area contributed by atoms with Gasteiger partial charge in [0.2, 0.25) is 5.91 Å². The summed E-state index contributed by atoms with van der Waals surface area (Å²) in [6.07, 6.45) is 5.14. The average Bonchev–Trinajstić information content (AvgIpc) is 2.15. The molecule has 1 saturated carbocycles. The fourth-order valence-corrected chi connectivity index (χ4v) is 1.96. The number of nitrogens with two attached hydrogens (primary N) is 1. The number of carbonyl (C=O) groups excluding carboxylic acids is 1. The second-order valence-corrected chi connectivity index (χ2v) is 4.63. The van der Waals surface area contributed by atoms with Gasteiger partial charge in [0.1, 0.15) is 0 Å². The Labute approximate surface area is 95.3 Å². The number of pyridine rings is 1. The molecule has 0 aliphatic heterocycles. The van der Waals surface area contributed by atoms with Crippen LogP contribution in [0.15, 0.2) is 18.3 Å². The van der Waals surface area contributed by atoms with E-state index < -0.39 is 0 Å². The molecule has 0 bridgehead atoms. The smallest absolute Gasteiger partial charge is 0.226 e. The minimum absolute atomic E-state index is 0.00667. The Kier molecular flexibility index (Phi) is 2.92. The fraction of sp³-hybridized carbons (Fsp3) is 0.500. The van der Waals surface area contributed by atoms with Crippen LogP contribution in [0.4, 0.5) is 5.69 Å². The zero-order valence-electron chi connectivity index (χ0n) is 9.49. The van der Waals surface area contributed by atoms with Gasteiger partial charge in [0, 0.05) is 29.5 Å². The van der Waals surface area contributed by atoms with E-state index in [1.54, 1.807) is 12.3 Å². The number of aromatic nitrogens is 1. The van der Waals surface area contributed by atoms with Gasteiger partial charge in [-0.3, -0.25) is 9.78 Å². The first-order valence-electron chi connectivity index (χ1n) is 5.59. The van der Waals surface area contributed by atoms with E-state index >= 15 is 0 Å². The molecular weight excluding hydrogens is 202 g/mol. The van der Waals surface area contributed by atoms with Crippen molar-refractivity contribution in [3.8, 4) is 0 Å². The lowest BCUT2D eigenvalue weighted by molar-refractivity contribution is -0.118. The van der Waals surface area contributed by atoms with Crippen molar-refractivity contribution in [3.63, 3.8) is 0 Å². The highest BCUT2D eigenvalue weighted by Crippen LogP contribution is 2.32. The van der Waals surface area contributed by atoms with Gasteiger partial charge in [-0.1, -0.05) is 0 Å². The van der Waals surface area contributed by atoms with Gasteiger partial charge in [-0.15, -0.1) is 0 Å². The summed E-state index contributed by atoms with van der Waals surface area (Å²) in [7, 11) is 0. The maximum atomic E-state index is 11.7. The first-order chi connectivity index (χ1) is 7.57. The largest absolute Gasteiger partial charge is 0.326 e. The molecule has 1 aromatic rings. The molecule has 0 spiro atoms. The molecule has 1 aromatic heterocycles. The van der Waals surface area contributed by atoms with E-state index in [9.17, 15) is 4.79 Å². The van der Waals surface area contributed by atoms with Crippen molar-refractivity contribution in [2.75, 3.05) is 5.32 Å². The van der Waals surface area contributed by atoms with Crippen LogP contribution >= 0.6 is 0 Å². The molecule has 0 radical (unpaired) electrons. The summed E-state index contributed by atoms with van der Waals surface area (Å²) < 4.78 is 0. The van der Waals surface area contributed by atoms with Crippen LogP contribution in [0, 0.1) is 6.92 Å². The molecule has 3 N–H and O–H groups in total. The van der Waals surface area contributed by atoms with Gasteiger partial charge in [-0.2, -0.15) is 0 Å². The predicted octanol–water partition coefficient (Wildman–Crippen LogP) is 1.60. The topological polar surface area (TPSA) is 68.0 Å². The van der Waals surface area contributed by atoms with Crippen LogP contribution in [-0.4, -0.2) is 16.4 Å². The molecular formula is C12H17N3O. The third kappa shape index (κ3) is 2.58. The Bertz CT molecular complexity index is 399. The van der Waals surface area contributed by atoms with E-state index in [4.69, 9.17) is 5.73 Å². The van der Waals surface area contributed by atoms with Crippen LogP contribution in [0.3, 0.4) is 0 Å². The van der Waals surface area contributed by atoms with Crippen LogP contribution in [0.25, 0.3) is 0 Å². The number of nitrogens with zero attached hydrogens (tertiary/aromatic N) is 1. The van der Waals surface area contributed by atoms with Crippen molar-refractivity contribution in [3.05, 3.63) is 24.0 Å². The van der Waals surface area contributed by atoms with Crippen molar-refractivity contribution in [1.29, 1.82) is 0 Å². The zero-order valence-corrected chi connectivity index (χ0v) is 9.49. The molecule has 0 saturated heterocycles. The predicted molar refractivity (Wildman–Crippen MR) is 63.0 cm³/mol. The SMILES string of the molecule is Cc1cc(NC(=O)CC2(N)CCC2)ccn1. The fourth-order valence-electron chi connectivity index (χ4n) is 1.96. The van der Waals surface area contributed by atoms with Crippen LogP contribution in [0.2, 0.25) is 0 Å². The van der Waals surface area contributed by atoms with Crippen molar-refractivity contribution >= 4 is 11.6 Å². The summed E-state index contributed by atoms with van der Waals surface area (Å²) in [5, 5.41) is 2.85. The number of amides is 1. The highest BCUT2D eigenvalue weighted by atomic mass is 16.1. The zero-order chi connectivity index (χ0) is 11.6. The maximum Gasteiger partial charge on any atom is 0.226 e. The van der Waals surface area contributed by atoms with Crippen LogP contribution in [0.1, 0.15) is 31.4 Å². The van der Waals surface area contributed by atoms with E-state index in [-0.39, 0.29) is 11.4 Å². The molecule has 4 nitrogen and oxygen atoms in total. The van der Waals surface area contributed by atoms with E-state index in [0.29, 0.717) is 6.42 Å². The Balaban J connectivity index is 1.92. The summed E-state index contributed by atoms with van der Waals surface area (Å²) in [6, 6.07) is 3.64. The number of hydrogen-bond donors (Lipinski definition) is 2. The molecule has 2 rings (SSSR count). The number of rotatable bonds is 3. The van der Waals surface area contributed by atoms with Crippen molar-refractivity contribution in [2.45, 2.75) is 38.1 Å². The first kappa shape index (κ1) is 11.1. The summed E-state index contributed by atoms with van der Waals surface area (Å²) in [5.41, 5.74) is 7.44. The van der Waals surface area contributed by atoms with Gasteiger partial charge in [0.05, 0.1) is 0 Å². The molecule has 86 valence electrons. The van der Waals surface area contributed by atoms with Crippen molar-refractivity contribution in [2.24, 2.45) is 5.73 Å². The third-order valence-electron chi connectivity index (χ3n) is 3.04. The minimum Gasteiger partial charge on any atom is -0.326 e. The molecule has 1 aliphatic carbocycles. The Morgan fingerprint density at radius 2 is 2.38 bits per heavy atom. The van der Waals surface area contributed by atoms with Crippen LogP contribution in [-0.2, 0) is 4.79 Å². The van der Waals surface area contributed by atoms with Crippen molar-refractivity contribution < 1.29 is 4.79 Å². The summed E-state index contributed by atoms with van der Waals surface area (Å²) in [5.74, 6) is -0.00667. The lowest BCUT2D eigenvalue weighted by atomic mass is 9.75. The number of carbonyl (C=O) groups is 1. The van der Waals surface area contributed by atoms with E-state index in [2.05, 4.69) is 10.3 Å². The molecule has 0 atom stereocenters. The van der Waals surface area contributed by atoms with Crippen LogP contribution < -0.4 is 11.1 Å². The second kappa shape index (κ2) is 4.22.